The van der Waals surface area contributed by atoms with Crippen LogP contribution in [0.25, 0.3) is 16.8 Å². The summed E-state index contributed by atoms with van der Waals surface area (Å²) in [5, 5.41) is 4.85. The first-order valence-corrected chi connectivity index (χ1v) is 10.9. The van der Waals surface area contributed by atoms with Gasteiger partial charge in [-0.05, 0) is 49.7 Å². The van der Waals surface area contributed by atoms with Crippen molar-refractivity contribution in [2.45, 2.75) is 25.3 Å². The van der Waals surface area contributed by atoms with Crippen molar-refractivity contribution >= 4 is 5.65 Å². The topological polar surface area (TPSA) is 64.8 Å². The van der Waals surface area contributed by atoms with E-state index in [2.05, 4.69) is 22.0 Å². The van der Waals surface area contributed by atoms with E-state index in [-0.39, 0.29) is 0 Å². The second-order valence-corrected chi connectivity index (χ2v) is 8.13. The molecule has 3 aromatic heterocycles. The van der Waals surface area contributed by atoms with E-state index >= 15 is 0 Å². The number of piperidine rings is 1. The average Bonchev–Trinajstić information content (AvgIpc) is 3.28. The monoisotopic (exact) mass is 429 g/mol. The molecule has 1 aliphatic heterocycles. The summed E-state index contributed by atoms with van der Waals surface area (Å²) in [6.45, 7) is 2.90. The third-order valence-corrected chi connectivity index (χ3v) is 6.04. The highest BCUT2D eigenvalue weighted by molar-refractivity contribution is 5.74. The lowest BCUT2D eigenvalue weighted by Gasteiger charge is -2.31. The van der Waals surface area contributed by atoms with Gasteiger partial charge in [-0.2, -0.15) is 5.10 Å². The van der Waals surface area contributed by atoms with E-state index in [4.69, 9.17) is 19.6 Å². The Labute approximate surface area is 187 Å². The van der Waals surface area contributed by atoms with E-state index in [0.717, 1.165) is 60.8 Å². The lowest BCUT2D eigenvalue weighted by Crippen LogP contribution is -2.34. The number of rotatable bonds is 6. The average molecular weight is 430 g/mol. The maximum atomic E-state index is 5.61. The highest BCUT2D eigenvalue weighted by atomic mass is 16.5. The van der Waals surface area contributed by atoms with Crippen LogP contribution < -0.4 is 9.47 Å². The fourth-order valence-corrected chi connectivity index (χ4v) is 4.48. The number of para-hydroxylation sites is 1. The van der Waals surface area contributed by atoms with Crippen LogP contribution in [0.2, 0.25) is 0 Å². The van der Waals surface area contributed by atoms with Crippen molar-refractivity contribution in [2.75, 3.05) is 27.3 Å². The summed E-state index contributed by atoms with van der Waals surface area (Å²) >= 11 is 0. The van der Waals surface area contributed by atoms with Gasteiger partial charge in [0, 0.05) is 42.5 Å². The number of nitrogens with zero attached hydrogens (tertiary/aromatic N) is 5. The predicted octanol–water partition coefficient (Wildman–Crippen LogP) is 4.19. The molecule has 7 heteroatoms. The maximum Gasteiger partial charge on any atom is 0.168 e. The summed E-state index contributed by atoms with van der Waals surface area (Å²) in [6, 6.07) is 16.0. The minimum absolute atomic E-state index is 0.321. The Kier molecular flexibility index (Phi) is 5.73. The van der Waals surface area contributed by atoms with Gasteiger partial charge in [0.1, 0.15) is 0 Å². The normalized spacial score (nSPS) is 16.9. The Hall–Kier alpha value is -3.45. The Morgan fingerprint density at radius 2 is 1.97 bits per heavy atom. The molecule has 7 nitrogen and oxygen atoms in total. The Morgan fingerprint density at radius 1 is 1.03 bits per heavy atom. The van der Waals surface area contributed by atoms with Crippen molar-refractivity contribution in [3.8, 4) is 22.6 Å². The summed E-state index contributed by atoms with van der Waals surface area (Å²) in [7, 11) is 3.31. The van der Waals surface area contributed by atoms with E-state index in [0.29, 0.717) is 17.4 Å². The molecule has 0 saturated carbocycles. The van der Waals surface area contributed by atoms with Gasteiger partial charge in [-0.15, -0.1) is 0 Å². The van der Waals surface area contributed by atoms with Crippen molar-refractivity contribution in [3.05, 3.63) is 72.4 Å². The fourth-order valence-electron chi connectivity index (χ4n) is 4.48. The summed E-state index contributed by atoms with van der Waals surface area (Å²) in [4.78, 5) is 11.8. The number of benzene rings is 1. The van der Waals surface area contributed by atoms with Crippen LogP contribution in [0.15, 0.2) is 60.9 Å². The van der Waals surface area contributed by atoms with Gasteiger partial charge < -0.3 is 9.47 Å². The van der Waals surface area contributed by atoms with E-state index in [9.17, 15) is 0 Å². The van der Waals surface area contributed by atoms with Crippen molar-refractivity contribution < 1.29 is 9.47 Å². The minimum Gasteiger partial charge on any atom is -0.493 e. The van der Waals surface area contributed by atoms with Crippen molar-refractivity contribution in [3.63, 3.8) is 0 Å². The van der Waals surface area contributed by atoms with Crippen LogP contribution in [0, 0.1) is 0 Å². The van der Waals surface area contributed by atoms with E-state index < -0.39 is 0 Å². The van der Waals surface area contributed by atoms with Crippen LogP contribution in [0.3, 0.4) is 0 Å². The molecular weight excluding hydrogens is 402 g/mol. The van der Waals surface area contributed by atoms with Gasteiger partial charge in [-0.25, -0.2) is 9.50 Å². The molecule has 1 aromatic carbocycles. The number of hydrogen-bond acceptors (Lipinski definition) is 6. The van der Waals surface area contributed by atoms with Gasteiger partial charge in [0.05, 0.1) is 19.9 Å². The molecule has 5 rings (SSSR count). The summed E-state index contributed by atoms with van der Waals surface area (Å²) in [5.74, 6) is 2.65. The number of ether oxygens (including phenoxy) is 2. The first-order valence-electron chi connectivity index (χ1n) is 10.9. The van der Waals surface area contributed by atoms with Gasteiger partial charge in [-0.1, -0.05) is 18.2 Å². The number of methoxy groups -OCH3 is 2. The fraction of sp³-hybridized carbons (Fsp3) is 0.320. The zero-order chi connectivity index (χ0) is 21.9. The predicted molar refractivity (Wildman–Crippen MR) is 123 cm³/mol. The molecule has 1 atom stereocenters. The standard InChI is InChI=1S/C25H27N5O2/c1-31-22-10-5-9-21(24(22)32-2)18-11-12-23-27-25(28-30(23)16-18)19-7-6-14-29(15-19)17-20-8-3-4-13-26-20/h3-5,8-13,16,19H,6-7,14-15,17H2,1-2H3/t19-/m1/s1. The van der Waals surface area contributed by atoms with Gasteiger partial charge in [-0.3, -0.25) is 9.88 Å². The largest absolute Gasteiger partial charge is 0.493 e. The van der Waals surface area contributed by atoms with E-state index in [1.807, 2.05) is 53.3 Å². The molecule has 0 unspecified atom stereocenters. The number of aromatic nitrogens is 4. The van der Waals surface area contributed by atoms with Crippen molar-refractivity contribution in [1.29, 1.82) is 0 Å². The number of likely N-dealkylation sites (tertiary alicyclic amines) is 1. The molecule has 0 radical (unpaired) electrons. The van der Waals surface area contributed by atoms with Gasteiger partial charge in [0.2, 0.25) is 0 Å². The van der Waals surface area contributed by atoms with Crippen LogP contribution in [0.5, 0.6) is 11.5 Å². The minimum atomic E-state index is 0.321. The van der Waals surface area contributed by atoms with E-state index in [1.54, 1.807) is 14.2 Å². The van der Waals surface area contributed by atoms with Crippen LogP contribution >= 0.6 is 0 Å². The molecule has 0 spiro atoms. The second-order valence-electron chi connectivity index (χ2n) is 8.13. The molecular formula is C25H27N5O2. The van der Waals surface area contributed by atoms with Crippen LogP contribution in [0.4, 0.5) is 0 Å². The molecule has 164 valence electrons. The first kappa shape index (κ1) is 20.5. The molecule has 0 N–H and O–H groups in total. The quantitative estimate of drug-likeness (QED) is 0.458. The Balaban J connectivity index is 1.40. The number of pyridine rings is 2. The lowest BCUT2D eigenvalue weighted by atomic mass is 9.97. The van der Waals surface area contributed by atoms with E-state index in [1.165, 1.54) is 0 Å². The highest BCUT2D eigenvalue weighted by Crippen LogP contribution is 2.37. The lowest BCUT2D eigenvalue weighted by molar-refractivity contribution is 0.194. The first-order chi connectivity index (χ1) is 15.7. The highest BCUT2D eigenvalue weighted by Gasteiger charge is 2.25. The Bertz CT molecular complexity index is 1210. The van der Waals surface area contributed by atoms with Crippen molar-refractivity contribution in [1.82, 2.24) is 24.5 Å². The van der Waals surface area contributed by atoms with Crippen LogP contribution in [0.1, 0.15) is 30.3 Å². The second kappa shape index (κ2) is 8.96. The molecule has 1 saturated heterocycles. The summed E-state index contributed by atoms with van der Waals surface area (Å²) in [6.07, 6.45) is 6.11. The molecule has 1 fully saturated rings. The van der Waals surface area contributed by atoms with Crippen molar-refractivity contribution in [2.24, 2.45) is 0 Å². The number of hydrogen-bond donors (Lipinski definition) is 0. The van der Waals surface area contributed by atoms with Crippen LogP contribution in [-0.2, 0) is 6.54 Å². The third-order valence-electron chi connectivity index (χ3n) is 6.04. The maximum absolute atomic E-state index is 5.61. The molecule has 4 heterocycles. The van der Waals surface area contributed by atoms with Crippen LogP contribution in [-0.4, -0.2) is 51.8 Å². The summed E-state index contributed by atoms with van der Waals surface area (Å²) in [5.41, 5.74) is 3.93. The molecule has 0 bridgehead atoms. The van der Waals surface area contributed by atoms with Gasteiger partial charge in [0.15, 0.2) is 23.0 Å². The SMILES string of the molecule is COc1cccc(-c2ccc3nc([C@@H]4CCCN(Cc5ccccn5)C4)nn3c2)c1OC. The molecule has 32 heavy (non-hydrogen) atoms. The van der Waals surface area contributed by atoms with Gasteiger partial charge >= 0.3 is 0 Å². The molecule has 0 aliphatic carbocycles. The zero-order valence-corrected chi connectivity index (χ0v) is 18.4. The smallest absolute Gasteiger partial charge is 0.168 e. The molecule has 4 aromatic rings. The van der Waals surface area contributed by atoms with Gasteiger partial charge in [0.25, 0.3) is 0 Å². The molecule has 1 aliphatic rings. The zero-order valence-electron chi connectivity index (χ0n) is 18.4. The molecule has 0 amide bonds. The Morgan fingerprint density at radius 3 is 2.78 bits per heavy atom. The third kappa shape index (κ3) is 4.03. The summed E-state index contributed by atoms with van der Waals surface area (Å²) < 4.78 is 12.9. The number of fused-ring (bicyclic) bond motifs is 1.